The molecule has 1 N–H and O–H groups in total. The molecule has 19 heavy (non-hydrogen) atoms. The van der Waals surface area contributed by atoms with Gasteiger partial charge in [0.05, 0.1) is 0 Å². The van der Waals surface area contributed by atoms with Crippen LogP contribution in [0.25, 0.3) is 0 Å². The van der Waals surface area contributed by atoms with E-state index >= 15 is 0 Å². The Balaban J connectivity index is 1.80. The van der Waals surface area contributed by atoms with Crippen LogP contribution < -0.4 is 5.32 Å². The topological polar surface area (TPSA) is 12.0 Å². The first-order chi connectivity index (χ1) is 8.90. The maximum absolute atomic E-state index is 3.60. The van der Waals surface area contributed by atoms with Crippen LogP contribution in [0.1, 0.15) is 78.6 Å². The zero-order valence-electron chi connectivity index (χ0n) is 13.5. The minimum Gasteiger partial charge on any atom is -0.317 e. The van der Waals surface area contributed by atoms with E-state index in [2.05, 4.69) is 33.1 Å². The van der Waals surface area contributed by atoms with Crippen molar-refractivity contribution in [2.75, 3.05) is 7.05 Å². The first-order valence-electron chi connectivity index (χ1n) is 8.57. The molecule has 1 heteroatoms. The molecule has 3 atom stereocenters. The van der Waals surface area contributed by atoms with Crippen molar-refractivity contribution in [2.24, 2.45) is 22.2 Å². The number of nitrogens with one attached hydrogen (secondary N) is 1. The van der Waals surface area contributed by atoms with Gasteiger partial charge in [-0.3, -0.25) is 0 Å². The molecule has 0 radical (unpaired) electrons. The van der Waals surface area contributed by atoms with Crippen LogP contribution in [0.3, 0.4) is 0 Å². The van der Waals surface area contributed by atoms with Gasteiger partial charge in [-0.25, -0.2) is 0 Å². The molecule has 4 rings (SSSR count). The Morgan fingerprint density at radius 2 is 1.68 bits per heavy atom. The predicted octanol–water partition coefficient (Wildman–Crippen LogP) is 4.76. The monoisotopic (exact) mass is 263 g/mol. The van der Waals surface area contributed by atoms with Crippen molar-refractivity contribution < 1.29 is 0 Å². The SMILES string of the molecule is CCCC(CC12CC3CC(C)(CC(C)(C3)C1)C2)NC. The highest BCUT2D eigenvalue weighted by atomic mass is 14.9. The Kier molecular flexibility index (Phi) is 3.28. The van der Waals surface area contributed by atoms with E-state index in [-0.39, 0.29) is 0 Å². The average Bonchev–Trinajstić information content (AvgIpc) is 2.22. The molecule has 0 amide bonds. The number of rotatable bonds is 5. The Bertz CT molecular complexity index is 330. The van der Waals surface area contributed by atoms with E-state index in [0.29, 0.717) is 16.2 Å². The second-order valence-corrected chi connectivity index (χ2v) is 9.11. The van der Waals surface area contributed by atoms with E-state index < -0.39 is 0 Å². The minimum absolute atomic E-state index is 0.679. The quantitative estimate of drug-likeness (QED) is 0.754. The van der Waals surface area contributed by atoms with Gasteiger partial charge in [0, 0.05) is 6.04 Å². The summed E-state index contributed by atoms with van der Waals surface area (Å²) in [5, 5.41) is 3.60. The zero-order valence-corrected chi connectivity index (χ0v) is 13.5. The summed E-state index contributed by atoms with van der Waals surface area (Å²) in [4.78, 5) is 0. The van der Waals surface area contributed by atoms with Gasteiger partial charge in [0.2, 0.25) is 0 Å². The third kappa shape index (κ3) is 2.48. The van der Waals surface area contributed by atoms with Gasteiger partial charge in [0.25, 0.3) is 0 Å². The smallest absolute Gasteiger partial charge is 0.00692 e. The third-order valence-electron chi connectivity index (χ3n) is 6.47. The summed E-state index contributed by atoms with van der Waals surface area (Å²) in [6, 6.07) is 0.758. The van der Waals surface area contributed by atoms with Crippen LogP contribution in [-0.4, -0.2) is 13.1 Å². The van der Waals surface area contributed by atoms with Crippen LogP contribution in [0.15, 0.2) is 0 Å². The van der Waals surface area contributed by atoms with Crippen LogP contribution >= 0.6 is 0 Å². The van der Waals surface area contributed by atoms with Crippen LogP contribution in [-0.2, 0) is 0 Å². The zero-order chi connectivity index (χ0) is 13.7. The fraction of sp³-hybridized carbons (Fsp3) is 1.00. The van der Waals surface area contributed by atoms with Crippen molar-refractivity contribution in [1.82, 2.24) is 5.32 Å². The molecule has 0 spiro atoms. The molecule has 4 aliphatic rings. The minimum atomic E-state index is 0.679. The van der Waals surface area contributed by atoms with Crippen molar-refractivity contribution in [3.8, 4) is 0 Å². The largest absolute Gasteiger partial charge is 0.317 e. The first-order valence-corrected chi connectivity index (χ1v) is 8.57. The van der Waals surface area contributed by atoms with Crippen LogP contribution in [0.4, 0.5) is 0 Å². The van der Waals surface area contributed by atoms with Crippen LogP contribution in [0.5, 0.6) is 0 Å². The molecule has 0 saturated heterocycles. The Morgan fingerprint density at radius 1 is 1.05 bits per heavy atom. The number of hydrogen-bond donors (Lipinski definition) is 1. The molecule has 0 aromatic rings. The van der Waals surface area contributed by atoms with Crippen molar-refractivity contribution in [3.05, 3.63) is 0 Å². The first kappa shape index (κ1) is 13.9. The Hall–Kier alpha value is -0.0400. The van der Waals surface area contributed by atoms with Crippen molar-refractivity contribution in [1.29, 1.82) is 0 Å². The number of hydrogen-bond acceptors (Lipinski definition) is 1. The van der Waals surface area contributed by atoms with Gasteiger partial charge in [-0.15, -0.1) is 0 Å². The van der Waals surface area contributed by atoms with Gasteiger partial charge in [0.1, 0.15) is 0 Å². The third-order valence-corrected chi connectivity index (χ3v) is 6.47. The molecule has 4 bridgehead atoms. The summed E-state index contributed by atoms with van der Waals surface area (Å²) in [6.45, 7) is 7.52. The van der Waals surface area contributed by atoms with E-state index in [1.807, 2.05) is 0 Å². The molecule has 0 heterocycles. The molecule has 110 valence electrons. The van der Waals surface area contributed by atoms with E-state index in [4.69, 9.17) is 0 Å². The van der Waals surface area contributed by atoms with Gasteiger partial charge in [-0.2, -0.15) is 0 Å². The summed E-state index contributed by atoms with van der Waals surface area (Å²) in [7, 11) is 2.17. The van der Waals surface area contributed by atoms with E-state index in [0.717, 1.165) is 12.0 Å². The van der Waals surface area contributed by atoms with Gasteiger partial charge >= 0.3 is 0 Å². The lowest BCUT2D eigenvalue weighted by Crippen LogP contribution is -2.56. The Labute approximate surface area is 119 Å². The second-order valence-electron chi connectivity index (χ2n) is 9.11. The van der Waals surface area contributed by atoms with Gasteiger partial charge in [-0.1, -0.05) is 27.2 Å². The lowest BCUT2D eigenvalue weighted by atomic mass is 9.39. The van der Waals surface area contributed by atoms with E-state index in [1.54, 1.807) is 6.42 Å². The van der Waals surface area contributed by atoms with E-state index in [9.17, 15) is 0 Å². The molecule has 4 fully saturated rings. The molecule has 0 aromatic heterocycles. The summed E-state index contributed by atoms with van der Waals surface area (Å²) in [5.74, 6) is 1.05. The summed E-state index contributed by atoms with van der Waals surface area (Å²) in [5.41, 5.74) is 2.04. The summed E-state index contributed by atoms with van der Waals surface area (Å²) < 4.78 is 0. The normalized spacial score (nSPS) is 49.6. The lowest BCUT2D eigenvalue weighted by Gasteiger charge is -2.66. The molecule has 3 unspecified atom stereocenters. The fourth-order valence-corrected chi connectivity index (χ4v) is 7.13. The second kappa shape index (κ2) is 4.48. The van der Waals surface area contributed by atoms with Gasteiger partial charge in [0.15, 0.2) is 0 Å². The highest BCUT2D eigenvalue weighted by Crippen LogP contribution is 2.70. The van der Waals surface area contributed by atoms with Crippen LogP contribution in [0.2, 0.25) is 0 Å². The lowest BCUT2D eigenvalue weighted by molar-refractivity contribution is -0.150. The molecule has 0 aromatic carbocycles. The van der Waals surface area contributed by atoms with Crippen molar-refractivity contribution in [3.63, 3.8) is 0 Å². The van der Waals surface area contributed by atoms with Crippen molar-refractivity contribution >= 4 is 0 Å². The fourth-order valence-electron chi connectivity index (χ4n) is 7.13. The molecule has 0 aliphatic heterocycles. The predicted molar refractivity (Wildman–Crippen MR) is 82.2 cm³/mol. The van der Waals surface area contributed by atoms with Gasteiger partial charge < -0.3 is 5.32 Å². The Morgan fingerprint density at radius 3 is 2.16 bits per heavy atom. The molecule has 4 saturated carbocycles. The maximum Gasteiger partial charge on any atom is 0.00692 e. The summed E-state index contributed by atoms with van der Waals surface area (Å²) in [6.07, 6.45) is 13.3. The molecule has 4 aliphatic carbocycles. The summed E-state index contributed by atoms with van der Waals surface area (Å²) >= 11 is 0. The average molecular weight is 263 g/mol. The molecule has 1 nitrogen and oxygen atoms in total. The van der Waals surface area contributed by atoms with Crippen molar-refractivity contribution in [2.45, 2.75) is 84.6 Å². The van der Waals surface area contributed by atoms with Crippen LogP contribution in [0, 0.1) is 22.2 Å². The molecular weight excluding hydrogens is 230 g/mol. The standard InChI is InChI=1S/C18H33N/c1-5-6-15(19-4)10-18-9-14-7-16(2,12-18)11-17(3,8-14)13-18/h14-15,19H,5-13H2,1-4H3. The van der Waals surface area contributed by atoms with Gasteiger partial charge in [-0.05, 0) is 80.6 Å². The highest BCUT2D eigenvalue weighted by molar-refractivity contribution is 5.10. The highest BCUT2D eigenvalue weighted by Gasteiger charge is 2.59. The maximum atomic E-state index is 3.60. The van der Waals surface area contributed by atoms with E-state index in [1.165, 1.54) is 51.4 Å². The molecular formula is C18H33N.